The summed E-state index contributed by atoms with van der Waals surface area (Å²) < 4.78 is 0. The molecule has 0 saturated heterocycles. The molecule has 0 bridgehead atoms. The maximum absolute atomic E-state index is 5.75. The van der Waals surface area contributed by atoms with Crippen LogP contribution in [0.3, 0.4) is 0 Å². The van der Waals surface area contributed by atoms with Gasteiger partial charge in [-0.1, -0.05) is 99.9 Å². The van der Waals surface area contributed by atoms with Crippen LogP contribution in [-0.2, 0) is 0 Å². The lowest BCUT2D eigenvalue weighted by atomic mass is 10.0. The average molecular weight is 340 g/mol. The second-order valence-corrected chi connectivity index (χ2v) is 7.03. The summed E-state index contributed by atoms with van der Waals surface area (Å²) >= 11 is 9.32. The van der Waals surface area contributed by atoms with Gasteiger partial charge in [0, 0.05) is 10.7 Å². The molecule has 0 aromatic rings. The Labute approximate surface area is 128 Å². The topological polar surface area (TPSA) is 0 Å². The van der Waals surface area contributed by atoms with E-state index in [1.807, 2.05) is 0 Å². The van der Waals surface area contributed by atoms with Crippen LogP contribution >= 0.6 is 27.5 Å². The molecule has 2 heteroatoms. The van der Waals surface area contributed by atoms with E-state index >= 15 is 0 Å². The summed E-state index contributed by atoms with van der Waals surface area (Å²) in [5, 5.41) is 0. The Kier molecular flexibility index (Phi) is 16.5. The van der Waals surface area contributed by atoms with Gasteiger partial charge in [-0.3, -0.25) is 0 Å². The number of alkyl halides is 2. The van der Waals surface area contributed by atoms with Crippen LogP contribution in [0, 0.1) is 0 Å². The molecule has 0 saturated carbocycles. The lowest BCUT2D eigenvalue weighted by Gasteiger charge is -2.05. The van der Waals surface area contributed by atoms with Crippen molar-refractivity contribution in [2.45, 2.75) is 95.2 Å². The van der Waals surface area contributed by atoms with Crippen LogP contribution in [0.2, 0.25) is 0 Å². The van der Waals surface area contributed by atoms with Gasteiger partial charge in [-0.15, -0.1) is 11.6 Å². The first-order valence-corrected chi connectivity index (χ1v) is 9.46. The van der Waals surface area contributed by atoms with Crippen molar-refractivity contribution in [2.75, 3.05) is 5.88 Å². The van der Waals surface area contributed by atoms with Crippen LogP contribution in [0.15, 0.2) is 0 Å². The zero-order valence-electron chi connectivity index (χ0n) is 12.2. The first kappa shape index (κ1) is 18.8. The maximum atomic E-state index is 5.75. The van der Waals surface area contributed by atoms with Crippen LogP contribution in [0.1, 0.15) is 90.4 Å². The summed E-state index contributed by atoms with van der Waals surface area (Å²) in [6, 6.07) is 0. The molecule has 0 heterocycles. The Morgan fingerprint density at radius 2 is 1.11 bits per heavy atom. The van der Waals surface area contributed by atoms with Crippen molar-refractivity contribution < 1.29 is 0 Å². The van der Waals surface area contributed by atoms with E-state index in [0.29, 0.717) is 4.83 Å². The fraction of sp³-hybridized carbons (Fsp3) is 1.00. The van der Waals surface area contributed by atoms with Gasteiger partial charge < -0.3 is 0 Å². The van der Waals surface area contributed by atoms with Crippen LogP contribution in [0.5, 0.6) is 0 Å². The molecule has 1 unspecified atom stereocenters. The molecular weight excluding hydrogens is 308 g/mol. The van der Waals surface area contributed by atoms with Crippen LogP contribution in [0.25, 0.3) is 0 Å². The summed E-state index contributed by atoms with van der Waals surface area (Å²) in [6.07, 6.45) is 18.3. The largest absolute Gasteiger partial charge is 0.126 e. The highest BCUT2D eigenvalue weighted by Crippen LogP contribution is 2.15. The Hall–Kier alpha value is 0.770. The highest BCUT2D eigenvalue weighted by molar-refractivity contribution is 9.09. The minimum Gasteiger partial charge on any atom is -0.126 e. The van der Waals surface area contributed by atoms with Gasteiger partial charge in [0.2, 0.25) is 0 Å². The van der Waals surface area contributed by atoms with Gasteiger partial charge in [-0.2, -0.15) is 0 Å². The highest BCUT2D eigenvalue weighted by atomic mass is 79.9. The third kappa shape index (κ3) is 14.8. The standard InChI is InChI=1S/C16H32BrCl/c1-2-3-4-5-6-7-8-9-10-11-12-13-14-16(17)15-18/h16H,2-15H2,1H3. The van der Waals surface area contributed by atoms with Crippen molar-refractivity contribution in [3.05, 3.63) is 0 Å². The predicted molar refractivity (Wildman–Crippen MR) is 89.1 cm³/mol. The van der Waals surface area contributed by atoms with Crippen molar-refractivity contribution in [2.24, 2.45) is 0 Å². The van der Waals surface area contributed by atoms with Crippen molar-refractivity contribution >= 4 is 27.5 Å². The third-order valence-corrected chi connectivity index (χ3v) is 5.07. The monoisotopic (exact) mass is 338 g/mol. The van der Waals surface area contributed by atoms with E-state index in [2.05, 4.69) is 22.9 Å². The van der Waals surface area contributed by atoms with E-state index < -0.39 is 0 Å². The fourth-order valence-corrected chi connectivity index (χ4v) is 2.76. The van der Waals surface area contributed by atoms with Gasteiger partial charge in [0.25, 0.3) is 0 Å². The number of unbranched alkanes of at least 4 members (excludes halogenated alkanes) is 11. The molecule has 0 amide bonds. The summed E-state index contributed by atoms with van der Waals surface area (Å²) in [6.45, 7) is 2.28. The zero-order chi connectivity index (χ0) is 13.5. The van der Waals surface area contributed by atoms with Gasteiger partial charge in [0.15, 0.2) is 0 Å². The molecular formula is C16H32BrCl. The first-order chi connectivity index (χ1) is 8.81. The Morgan fingerprint density at radius 1 is 0.722 bits per heavy atom. The number of hydrogen-bond acceptors (Lipinski definition) is 0. The molecule has 0 nitrogen and oxygen atoms in total. The van der Waals surface area contributed by atoms with Crippen molar-refractivity contribution in [3.63, 3.8) is 0 Å². The lowest BCUT2D eigenvalue weighted by molar-refractivity contribution is 0.540. The smallest absolute Gasteiger partial charge is 0.0349 e. The molecule has 0 aromatic carbocycles. The van der Waals surface area contributed by atoms with Gasteiger partial charge in [-0.05, 0) is 6.42 Å². The molecule has 1 atom stereocenters. The van der Waals surface area contributed by atoms with E-state index in [-0.39, 0.29) is 0 Å². The molecule has 0 radical (unpaired) electrons. The second kappa shape index (κ2) is 15.8. The van der Waals surface area contributed by atoms with Gasteiger partial charge in [0.1, 0.15) is 0 Å². The Bertz CT molecular complexity index is 150. The van der Waals surface area contributed by atoms with E-state index in [1.165, 1.54) is 83.5 Å². The summed E-state index contributed by atoms with van der Waals surface area (Å²) in [5.41, 5.74) is 0. The van der Waals surface area contributed by atoms with Gasteiger partial charge >= 0.3 is 0 Å². The molecule has 0 spiro atoms. The molecule has 0 aliphatic heterocycles. The number of rotatable bonds is 14. The van der Waals surface area contributed by atoms with Gasteiger partial charge in [0.05, 0.1) is 0 Å². The second-order valence-electron chi connectivity index (χ2n) is 5.43. The minimum atomic E-state index is 0.530. The van der Waals surface area contributed by atoms with Crippen LogP contribution in [0.4, 0.5) is 0 Å². The van der Waals surface area contributed by atoms with Crippen molar-refractivity contribution in [3.8, 4) is 0 Å². The molecule has 0 N–H and O–H groups in total. The molecule has 0 aliphatic carbocycles. The molecule has 0 aliphatic rings. The number of halogens is 2. The van der Waals surface area contributed by atoms with Crippen LogP contribution < -0.4 is 0 Å². The van der Waals surface area contributed by atoms with Crippen LogP contribution in [-0.4, -0.2) is 10.7 Å². The number of hydrogen-bond donors (Lipinski definition) is 0. The van der Waals surface area contributed by atoms with Crippen molar-refractivity contribution in [1.82, 2.24) is 0 Å². The molecule has 110 valence electrons. The lowest BCUT2D eigenvalue weighted by Crippen LogP contribution is -1.98. The molecule has 0 rings (SSSR count). The maximum Gasteiger partial charge on any atom is 0.0349 e. The molecule has 18 heavy (non-hydrogen) atoms. The van der Waals surface area contributed by atoms with E-state index in [1.54, 1.807) is 0 Å². The average Bonchev–Trinajstić information content (AvgIpc) is 2.39. The Morgan fingerprint density at radius 3 is 1.50 bits per heavy atom. The summed E-state index contributed by atoms with van der Waals surface area (Å²) in [7, 11) is 0. The fourth-order valence-electron chi connectivity index (χ4n) is 2.28. The third-order valence-electron chi connectivity index (χ3n) is 3.54. The Balaban J connectivity index is 2.94. The normalized spacial score (nSPS) is 12.8. The van der Waals surface area contributed by atoms with E-state index in [9.17, 15) is 0 Å². The molecule has 0 aromatic heterocycles. The summed E-state index contributed by atoms with van der Waals surface area (Å²) in [5.74, 6) is 0.748. The first-order valence-electron chi connectivity index (χ1n) is 8.01. The van der Waals surface area contributed by atoms with Gasteiger partial charge in [-0.25, -0.2) is 0 Å². The SMILES string of the molecule is CCCCCCCCCCCCCCC(Br)CCl. The van der Waals surface area contributed by atoms with E-state index in [0.717, 1.165) is 5.88 Å². The quantitative estimate of drug-likeness (QED) is 0.234. The van der Waals surface area contributed by atoms with E-state index in [4.69, 9.17) is 11.6 Å². The minimum absolute atomic E-state index is 0.530. The zero-order valence-corrected chi connectivity index (χ0v) is 14.6. The van der Waals surface area contributed by atoms with Crippen molar-refractivity contribution in [1.29, 1.82) is 0 Å². The summed E-state index contributed by atoms with van der Waals surface area (Å²) in [4.78, 5) is 0.530. The molecule has 0 fully saturated rings. The highest BCUT2D eigenvalue weighted by Gasteiger charge is 2.00. The predicted octanol–water partition coefficient (Wildman–Crippen LogP) is 7.08.